The predicted octanol–water partition coefficient (Wildman–Crippen LogP) is 4.04. The van der Waals surface area contributed by atoms with Gasteiger partial charge in [0.2, 0.25) is 0 Å². The van der Waals surface area contributed by atoms with Crippen LogP contribution in [-0.4, -0.2) is 22.6 Å². The standard InChI is InChI=1S/C22H23N3O3/c23-22(13-4-1-5-14-22)15-12-16-8-10-17(11-9-16)20(26)24-18-6-2-3-7-19(18)25-21(27)28/h2-3,6-11,25H,1,4-5,13-14,23H2,(H,24,26)(H,27,28). The van der Waals surface area contributed by atoms with E-state index in [1.165, 1.54) is 6.42 Å². The van der Waals surface area contributed by atoms with E-state index in [2.05, 4.69) is 22.5 Å². The second-order valence-electron chi connectivity index (χ2n) is 6.97. The fraction of sp³-hybridized carbons (Fsp3) is 0.273. The summed E-state index contributed by atoms with van der Waals surface area (Å²) >= 11 is 0. The molecule has 3 rings (SSSR count). The summed E-state index contributed by atoms with van der Waals surface area (Å²) in [6, 6.07) is 13.6. The number of para-hydroxylation sites is 2. The highest BCUT2D eigenvalue weighted by molar-refractivity contribution is 6.06. The molecule has 0 spiro atoms. The van der Waals surface area contributed by atoms with E-state index < -0.39 is 11.6 Å². The monoisotopic (exact) mass is 377 g/mol. The molecule has 0 aliphatic heterocycles. The molecule has 2 aromatic carbocycles. The number of hydrogen-bond acceptors (Lipinski definition) is 3. The predicted molar refractivity (Wildman–Crippen MR) is 109 cm³/mol. The van der Waals surface area contributed by atoms with Crippen molar-refractivity contribution in [1.29, 1.82) is 0 Å². The van der Waals surface area contributed by atoms with E-state index in [0.717, 1.165) is 31.2 Å². The fourth-order valence-corrected chi connectivity index (χ4v) is 3.22. The fourth-order valence-electron chi connectivity index (χ4n) is 3.22. The summed E-state index contributed by atoms with van der Waals surface area (Å²) in [6.45, 7) is 0. The number of carbonyl (C=O) groups is 2. The van der Waals surface area contributed by atoms with Crippen molar-refractivity contribution in [2.75, 3.05) is 10.6 Å². The van der Waals surface area contributed by atoms with Gasteiger partial charge in [-0.15, -0.1) is 0 Å². The summed E-state index contributed by atoms with van der Waals surface area (Å²) in [5, 5.41) is 13.9. The Balaban J connectivity index is 1.69. The Morgan fingerprint density at radius 3 is 2.14 bits per heavy atom. The molecule has 0 atom stereocenters. The van der Waals surface area contributed by atoms with Crippen molar-refractivity contribution in [2.45, 2.75) is 37.6 Å². The third kappa shape index (κ3) is 5.12. The number of benzene rings is 2. The molecule has 1 saturated carbocycles. The molecule has 0 radical (unpaired) electrons. The van der Waals surface area contributed by atoms with E-state index in [9.17, 15) is 9.59 Å². The lowest BCUT2D eigenvalue weighted by Crippen LogP contribution is -2.40. The molecular weight excluding hydrogens is 354 g/mol. The topological polar surface area (TPSA) is 104 Å². The number of carboxylic acid groups (broad SMARTS) is 1. The molecular formula is C22H23N3O3. The van der Waals surface area contributed by atoms with Gasteiger partial charge >= 0.3 is 6.09 Å². The van der Waals surface area contributed by atoms with Crippen LogP contribution >= 0.6 is 0 Å². The van der Waals surface area contributed by atoms with Gasteiger partial charge in [-0.3, -0.25) is 10.1 Å². The first-order valence-electron chi connectivity index (χ1n) is 9.28. The van der Waals surface area contributed by atoms with Crippen molar-refractivity contribution >= 4 is 23.4 Å². The van der Waals surface area contributed by atoms with E-state index in [1.807, 2.05) is 0 Å². The van der Waals surface area contributed by atoms with E-state index >= 15 is 0 Å². The van der Waals surface area contributed by atoms with Gasteiger partial charge in [0.1, 0.15) is 0 Å². The van der Waals surface area contributed by atoms with Crippen LogP contribution in [0.2, 0.25) is 0 Å². The zero-order valence-corrected chi connectivity index (χ0v) is 15.5. The summed E-state index contributed by atoms with van der Waals surface area (Å²) in [5.74, 6) is 5.98. The summed E-state index contributed by atoms with van der Waals surface area (Å²) in [5.41, 5.74) is 7.89. The minimum Gasteiger partial charge on any atom is -0.465 e. The first-order chi connectivity index (χ1) is 13.5. The van der Waals surface area contributed by atoms with Crippen molar-refractivity contribution in [3.63, 3.8) is 0 Å². The molecule has 6 heteroatoms. The first-order valence-corrected chi connectivity index (χ1v) is 9.28. The smallest absolute Gasteiger partial charge is 0.409 e. The lowest BCUT2D eigenvalue weighted by Gasteiger charge is -2.27. The molecule has 1 aliphatic carbocycles. The molecule has 0 aromatic heterocycles. The number of rotatable bonds is 3. The molecule has 2 aromatic rings. The van der Waals surface area contributed by atoms with Gasteiger partial charge < -0.3 is 16.2 Å². The minimum atomic E-state index is -1.19. The summed E-state index contributed by atoms with van der Waals surface area (Å²) in [6.07, 6.45) is 4.09. The van der Waals surface area contributed by atoms with Gasteiger partial charge in [0.05, 0.1) is 16.9 Å². The minimum absolute atomic E-state index is 0.312. The van der Waals surface area contributed by atoms with Gasteiger partial charge in [0, 0.05) is 11.1 Å². The molecule has 6 nitrogen and oxygen atoms in total. The molecule has 144 valence electrons. The summed E-state index contributed by atoms with van der Waals surface area (Å²) < 4.78 is 0. The van der Waals surface area contributed by atoms with Crippen molar-refractivity contribution in [1.82, 2.24) is 0 Å². The Kier molecular flexibility index (Phi) is 5.97. The largest absolute Gasteiger partial charge is 0.465 e. The molecule has 1 fully saturated rings. The molecule has 0 saturated heterocycles. The van der Waals surface area contributed by atoms with Crippen LogP contribution in [0.1, 0.15) is 48.0 Å². The lowest BCUT2D eigenvalue weighted by atomic mass is 9.83. The van der Waals surface area contributed by atoms with E-state index in [4.69, 9.17) is 10.8 Å². The Bertz CT molecular complexity index is 920. The maximum atomic E-state index is 12.5. The van der Waals surface area contributed by atoms with Gasteiger partial charge in [-0.1, -0.05) is 43.2 Å². The van der Waals surface area contributed by atoms with Crippen LogP contribution in [-0.2, 0) is 0 Å². The van der Waals surface area contributed by atoms with E-state index in [-0.39, 0.29) is 5.91 Å². The van der Waals surface area contributed by atoms with Crippen LogP contribution in [0.25, 0.3) is 0 Å². The van der Waals surface area contributed by atoms with Crippen molar-refractivity contribution in [3.05, 3.63) is 59.7 Å². The molecule has 1 aliphatic rings. The second kappa shape index (κ2) is 8.59. The highest BCUT2D eigenvalue weighted by Gasteiger charge is 2.24. The second-order valence-corrected chi connectivity index (χ2v) is 6.97. The Labute approximate surface area is 164 Å². The van der Waals surface area contributed by atoms with Crippen LogP contribution in [0.3, 0.4) is 0 Å². The zero-order valence-electron chi connectivity index (χ0n) is 15.5. The number of anilines is 2. The molecule has 28 heavy (non-hydrogen) atoms. The van der Waals surface area contributed by atoms with Crippen LogP contribution in [0.15, 0.2) is 48.5 Å². The number of amides is 2. The average Bonchev–Trinajstić information content (AvgIpc) is 2.68. The van der Waals surface area contributed by atoms with Crippen LogP contribution < -0.4 is 16.4 Å². The van der Waals surface area contributed by atoms with Gasteiger partial charge in [-0.25, -0.2) is 4.79 Å². The summed E-state index contributed by atoms with van der Waals surface area (Å²) in [7, 11) is 0. The van der Waals surface area contributed by atoms with E-state index in [1.54, 1.807) is 48.5 Å². The molecule has 0 heterocycles. The molecule has 2 amide bonds. The Hall–Kier alpha value is -3.30. The van der Waals surface area contributed by atoms with Gasteiger partial charge in [0.25, 0.3) is 5.91 Å². The number of nitrogens with one attached hydrogen (secondary N) is 2. The number of hydrogen-bond donors (Lipinski definition) is 4. The highest BCUT2D eigenvalue weighted by atomic mass is 16.4. The van der Waals surface area contributed by atoms with Crippen LogP contribution in [0.4, 0.5) is 16.2 Å². The van der Waals surface area contributed by atoms with Gasteiger partial charge in [0.15, 0.2) is 0 Å². The number of nitrogens with two attached hydrogens (primary N) is 1. The third-order valence-corrected chi connectivity index (χ3v) is 4.77. The van der Waals surface area contributed by atoms with Crippen molar-refractivity contribution in [3.8, 4) is 11.8 Å². The molecule has 0 unspecified atom stereocenters. The van der Waals surface area contributed by atoms with Crippen molar-refractivity contribution < 1.29 is 14.7 Å². The zero-order chi connectivity index (χ0) is 20.0. The summed E-state index contributed by atoms with van der Waals surface area (Å²) in [4.78, 5) is 23.3. The maximum Gasteiger partial charge on any atom is 0.409 e. The first kappa shape index (κ1) is 19.5. The average molecular weight is 377 g/mol. The van der Waals surface area contributed by atoms with Gasteiger partial charge in [-0.2, -0.15) is 0 Å². The molecule has 5 N–H and O–H groups in total. The molecule has 0 bridgehead atoms. The van der Waals surface area contributed by atoms with Crippen molar-refractivity contribution in [2.24, 2.45) is 5.73 Å². The maximum absolute atomic E-state index is 12.5. The van der Waals surface area contributed by atoms with Gasteiger partial charge in [-0.05, 0) is 49.2 Å². The normalized spacial score (nSPS) is 15.0. The quantitative estimate of drug-likeness (QED) is 0.606. The van der Waals surface area contributed by atoms with Crippen LogP contribution in [0.5, 0.6) is 0 Å². The Morgan fingerprint density at radius 2 is 1.54 bits per heavy atom. The Morgan fingerprint density at radius 1 is 0.929 bits per heavy atom. The van der Waals surface area contributed by atoms with Crippen LogP contribution in [0, 0.1) is 11.8 Å². The third-order valence-electron chi connectivity index (χ3n) is 4.77. The SMILES string of the molecule is NC1(C#Cc2ccc(C(=O)Nc3ccccc3NC(=O)O)cc2)CCCCC1. The highest BCUT2D eigenvalue weighted by Crippen LogP contribution is 2.25. The number of carbonyl (C=O) groups excluding carboxylic acids is 1. The van der Waals surface area contributed by atoms with E-state index in [0.29, 0.717) is 16.9 Å². The lowest BCUT2D eigenvalue weighted by molar-refractivity contribution is 0.102.